The molecule has 0 atom stereocenters. The number of hydrogen-bond donors (Lipinski definition) is 1. The van der Waals surface area contributed by atoms with Crippen molar-refractivity contribution in [3.63, 3.8) is 0 Å². The zero-order chi connectivity index (χ0) is 21.6. The molecule has 0 spiro atoms. The van der Waals surface area contributed by atoms with E-state index in [4.69, 9.17) is 9.47 Å². The lowest BCUT2D eigenvalue weighted by atomic mass is 10.2. The quantitative estimate of drug-likeness (QED) is 0.510. The molecule has 3 heterocycles. The lowest BCUT2D eigenvalue weighted by Crippen LogP contribution is -2.37. The minimum absolute atomic E-state index is 0.364. The second-order valence-electron chi connectivity index (χ2n) is 7.07. The van der Waals surface area contributed by atoms with E-state index >= 15 is 0 Å². The van der Waals surface area contributed by atoms with E-state index in [0.29, 0.717) is 30.0 Å². The van der Waals surface area contributed by atoms with Gasteiger partial charge in [-0.05, 0) is 19.1 Å². The molecule has 3 aromatic heterocycles. The number of nitrogens with zero attached hydrogens (tertiary/aromatic N) is 5. The van der Waals surface area contributed by atoms with Gasteiger partial charge in [0.2, 0.25) is 5.78 Å². The van der Waals surface area contributed by atoms with Crippen molar-refractivity contribution in [3.8, 4) is 11.5 Å². The molecule has 158 valence electrons. The Kier molecular flexibility index (Phi) is 4.76. The largest absolute Gasteiger partial charge is 0.497 e. The Morgan fingerprint density at radius 3 is 2.57 bits per heavy atom. The molecular weight excluding hydrogens is 388 g/mol. The summed E-state index contributed by atoms with van der Waals surface area (Å²) in [6.07, 6.45) is 1.86. The topological polar surface area (TPSA) is 96.7 Å². The molecule has 0 bridgehead atoms. The van der Waals surface area contributed by atoms with Crippen molar-refractivity contribution >= 4 is 22.6 Å². The Labute approximate surface area is 171 Å². The minimum atomic E-state index is -0.400. The average molecular weight is 412 g/mol. The van der Waals surface area contributed by atoms with Crippen molar-refractivity contribution in [2.24, 2.45) is 14.1 Å². The molecule has 0 aliphatic carbocycles. The number of benzene rings is 1. The van der Waals surface area contributed by atoms with E-state index in [1.54, 1.807) is 25.7 Å². The molecule has 0 aliphatic rings. The van der Waals surface area contributed by atoms with Gasteiger partial charge < -0.3 is 19.4 Å². The lowest BCUT2D eigenvalue weighted by Gasteiger charge is -2.13. The summed E-state index contributed by atoms with van der Waals surface area (Å²) in [5.41, 5.74) is 1.77. The summed E-state index contributed by atoms with van der Waals surface area (Å²) >= 11 is 0. The van der Waals surface area contributed by atoms with E-state index in [0.717, 1.165) is 27.4 Å². The van der Waals surface area contributed by atoms with Crippen LogP contribution in [0.25, 0.3) is 16.9 Å². The third-order valence-electron chi connectivity index (χ3n) is 5.31. The Bertz CT molecular complexity index is 1370. The highest BCUT2D eigenvalue weighted by Crippen LogP contribution is 2.28. The predicted molar refractivity (Wildman–Crippen MR) is 114 cm³/mol. The second-order valence-corrected chi connectivity index (χ2v) is 7.07. The fourth-order valence-electron chi connectivity index (χ4n) is 3.66. The van der Waals surface area contributed by atoms with Gasteiger partial charge in [-0.2, -0.15) is 4.98 Å². The highest BCUT2D eigenvalue weighted by molar-refractivity contribution is 5.75. The number of aromatic nitrogens is 5. The van der Waals surface area contributed by atoms with E-state index < -0.39 is 5.69 Å². The SMILES string of the molecule is COc1ccc(OC)c(NCCn2c(C)cn3c4c(=O)n(C)c(=O)n(C)c4nc23)c1. The summed E-state index contributed by atoms with van der Waals surface area (Å²) in [7, 11) is 6.32. The first kappa shape index (κ1) is 19.6. The molecule has 1 aromatic carbocycles. The van der Waals surface area contributed by atoms with Crippen LogP contribution in [0, 0.1) is 6.92 Å². The van der Waals surface area contributed by atoms with Gasteiger partial charge >= 0.3 is 5.69 Å². The first-order chi connectivity index (χ1) is 14.4. The van der Waals surface area contributed by atoms with Crippen LogP contribution in [0.2, 0.25) is 0 Å². The number of nitrogens with one attached hydrogen (secondary N) is 1. The van der Waals surface area contributed by atoms with E-state index in [2.05, 4.69) is 10.3 Å². The average Bonchev–Trinajstić information content (AvgIpc) is 3.26. The van der Waals surface area contributed by atoms with Gasteiger partial charge in [0.15, 0.2) is 11.2 Å². The van der Waals surface area contributed by atoms with Gasteiger partial charge in [0.05, 0.1) is 19.9 Å². The number of rotatable bonds is 6. The zero-order valence-electron chi connectivity index (χ0n) is 17.6. The van der Waals surface area contributed by atoms with Crippen LogP contribution in [0.3, 0.4) is 0 Å². The van der Waals surface area contributed by atoms with Crippen LogP contribution in [0.15, 0.2) is 34.0 Å². The Hall–Kier alpha value is -3.69. The molecule has 10 nitrogen and oxygen atoms in total. The summed E-state index contributed by atoms with van der Waals surface area (Å²) in [4.78, 5) is 29.5. The van der Waals surface area contributed by atoms with Crippen LogP contribution in [-0.2, 0) is 20.6 Å². The van der Waals surface area contributed by atoms with Gasteiger partial charge in [0, 0.05) is 45.1 Å². The molecule has 4 aromatic rings. The lowest BCUT2D eigenvalue weighted by molar-refractivity contribution is 0.404. The number of ether oxygens (including phenoxy) is 2. The predicted octanol–water partition coefficient (Wildman–Crippen LogP) is 1.12. The fourth-order valence-corrected chi connectivity index (χ4v) is 3.66. The first-order valence-corrected chi connectivity index (χ1v) is 9.47. The summed E-state index contributed by atoms with van der Waals surface area (Å²) in [5.74, 6) is 2.06. The molecule has 0 aliphatic heterocycles. The number of anilines is 1. The van der Waals surface area contributed by atoms with Crippen LogP contribution < -0.4 is 26.0 Å². The van der Waals surface area contributed by atoms with Gasteiger partial charge in [-0.15, -0.1) is 0 Å². The maximum absolute atomic E-state index is 12.7. The molecule has 10 heteroatoms. The van der Waals surface area contributed by atoms with E-state index in [-0.39, 0.29) is 5.56 Å². The second kappa shape index (κ2) is 7.29. The zero-order valence-corrected chi connectivity index (χ0v) is 17.6. The van der Waals surface area contributed by atoms with Gasteiger partial charge in [-0.1, -0.05) is 0 Å². The molecule has 30 heavy (non-hydrogen) atoms. The molecule has 1 N–H and O–H groups in total. The highest BCUT2D eigenvalue weighted by atomic mass is 16.5. The number of hydrogen-bond acceptors (Lipinski definition) is 6. The maximum Gasteiger partial charge on any atom is 0.332 e. The summed E-state index contributed by atoms with van der Waals surface area (Å²) in [5, 5.41) is 3.36. The number of aryl methyl sites for hydroxylation is 2. The molecule has 0 saturated carbocycles. The van der Waals surface area contributed by atoms with E-state index in [1.165, 1.54) is 11.6 Å². The van der Waals surface area contributed by atoms with Gasteiger partial charge in [-0.25, -0.2) is 4.79 Å². The Morgan fingerprint density at radius 2 is 1.87 bits per heavy atom. The third-order valence-corrected chi connectivity index (χ3v) is 5.31. The van der Waals surface area contributed by atoms with Gasteiger partial charge in [-0.3, -0.25) is 18.3 Å². The van der Waals surface area contributed by atoms with E-state index in [1.807, 2.05) is 35.9 Å². The number of methoxy groups -OCH3 is 2. The number of imidazole rings is 2. The molecular formula is C20H24N6O4. The summed E-state index contributed by atoms with van der Waals surface area (Å²) in [6, 6.07) is 5.56. The standard InChI is InChI=1S/C20H24N6O4/c1-12-11-26-16-17(23(2)20(28)24(3)18(16)27)22-19(26)25(12)9-8-21-14-10-13(29-4)6-7-15(14)30-5/h6-7,10-11,21H,8-9H2,1-5H3. The van der Waals surface area contributed by atoms with Crippen LogP contribution >= 0.6 is 0 Å². The molecule has 0 unspecified atom stereocenters. The van der Waals surface area contributed by atoms with Crippen LogP contribution in [0.5, 0.6) is 11.5 Å². The van der Waals surface area contributed by atoms with Gasteiger partial charge in [0.25, 0.3) is 5.56 Å². The molecule has 0 amide bonds. The van der Waals surface area contributed by atoms with E-state index in [9.17, 15) is 9.59 Å². The molecule has 0 saturated heterocycles. The molecule has 4 rings (SSSR count). The smallest absolute Gasteiger partial charge is 0.332 e. The molecule has 0 fully saturated rings. The third kappa shape index (κ3) is 2.92. The summed E-state index contributed by atoms with van der Waals surface area (Å²) < 4.78 is 16.9. The van der Waals surface area contributed by atoms with Crippen LogP contribution in [-0.4, -0.2) is 43.9 Å². The van der Waals surface area contributed by atoms with Crippen LogP contribution in [0.4, 0.5) is 5.69 Å². The Balaban J connectivity index is 1.70. The van der Waals surface area contributed by atoms with Crippen molar-refractivity contribution in [3.05, 3.63) is 50.9 Å². The normalized spacial score (nSPS) is 11.4. The number of fused-ring (bicyclic) bond motifs is 3. The first-order valence-electron chi connectivity index (χ1n) is 9.47. The van der Waals surface area contributed by atoms with Crippen molar-refractivity contribution in [2.45, 2.75) is 13.5 Å². The monoisotopic (exact) mass is 412 g/mol. The van der Waals surface area contributed by atoms with Crippen molar-refractivity contribution in [1.82, 2.24) is 23.1 Å². The van der Waals surface area contributed by atoms with Crippen molar-refractivity contribution < 1.29 is 9.47 Å². The minimum Gasteiger partial charge on any atom is -0.497 e. The van der Waals surface area contributed by atoms with Crippen molar-refractivity contribution in [1.29, 1.82) is 0 Å². The Morgan fingerprint density at radius 1 is 1.10 bits per heavy atom. The fraction of sp³-hybridized carbons (Fsp3) is 0.350. The highest BCUT2D eigenvalue weighted by Gasteiger charge is 2.18. The van der Waals surface area contributed by atoms with Gasteiger partial charge in [0.1, 0.15) is 11.5 Å². The van der Waals surface area contributed by atoms with Crippen LogP contribution in [0.1, 0.15) is 5.69 Å². The maximum atomic E-state index is 12.7. The molecule has 0 radical (unpaired) electrons. The summed E-state index contributed by atoms with van der Waals surface area (Å²) in [6.45, 7) is 3.15. The van der Waals surface area contributed by atoms with Crippen molar-refractivity contribution in [2.75, 3.05) is 26.1 Å².